The van der Waals surface area contributed by atoms with Gasteiger partial charge in [0.1, 0.15) is 23.7 Å². The number of amides is 3. The van der Waals surface area contributed by atoms with Crippen LogP contribution >= 0.6 is 0 Å². The first-order chi connectivity index (χ1) is 23.6. The molecule has 0 aliphatic carbocycles. The van der Waals surface area contributed by atoms with Gasteiger partial charge >= 0.3 is 5.97 Å². The largest absolute Gasteiger partial charge is 0.455 e. The van der Waals surface area contributed by atoms with Crippen LogP contribution in [-0.2, 0) is 28.7 Å². The number of carbonyl (C=O) groups excluding carboxylic acids is 4. The minimum atomic E-state index is -1.32. The summed E-state index contributed by atoms with van der Waals surface area (Å²) in [4.78, 5) is 62.8. The fourth-order valence-electron chi connectivity index (χ4n) is 8.78. The van der Waals surface area contributed by atoms with Gasteiger partial charge in [0.15, 0.2) is 0 Å². The lowest BCUT2D eigenvalue weighted by molar-refractivity contribution is -0.164. The van der Waals surface area contributed by atoms with E-state index in [-0.39, 0.29) is 36.2 Å². The first-order valence-electron chi connectivity index (χ1n) is 18.4. The monoisotopic (exact) mass is 691 g/mol. The molecule has 2 fully saturated rings. The molecule has 50 heavy (non-hydrogen) atoms. The molecule has 5 rings (SSSR count). The third-order valence-corrected chi connectivity index (χ3v) is 10.9. The Morgan fingerprint density at radius 1 is 0.940 bits per heavy atom. The van der Waals surface area contributed by atoms with E-state index in [1.807, 2.05) is 66.5 Å². The number of aliphatic hydroxyl groups is 1. The molecule has 7 atom stereocenters. The number of aliphatic hydroxyl groups excluding tert-OH is 1. The molecule has 4 aliphatic heterocycles. The second kappa shape index (κ2) is 15.0. The number of hydrogen-bond acceptors (Lipinski definition) is 7. The summed E-state index contributed by atoms with van der Waals surface area (Å²) in [6.45, 7) is 13.2. The Morgan fingerprint density at radius 2 is 1.64 bits per heavy atom. The van der Waals surface area contributed by atoms with E-state index >= 15 is 4.79 Å². The van der Waals surface area contributed by atoms with E-state index < -0.39 is 53.2 Å². The summed E-state index contributed by atoms with van der Waals surface area (Å²) in [6, 6.07) is 7.91. The van der Waals surface area contributed by atoms with Gasteiger partial charge in [-0.2, -0.15) is 0 Å². The maximum Gasteiger partial charge on any atom is 0.313 e. The van der Waals surface area contributed by atoms with Gasteiger partial charge in [0.25, 0.3) is 0 Å². The van der Waals surface area contributed by atoms with Gasteiger partial charge in [0.2, 0.25) is 17.7 Å². The number of likely N-dealkylation sites (N-methyl/N-ethyl adjacent to an activating group) is 1. The molecular weight excluding hydrogens is 634 g/mol. The highest BCUT2D eigenvalue weighted by molar-refractivity contribution is 5.99. The van der Waals surface area contributed by atoms with Crippen molar-refractivity contribution in [3.8, 4) is 0 Å². The summed E-state index contributed by atoms with van der Waals surface area (Å²) in [6.07, 6.45) is 10.4. The molecule has 4 heterocycles. The van der Waals surface area contributed by atoms with E-state index in [1.54, 1.807) is 16.8 Å². The number of likely N-dealkylation sites (tertiary alicyclic amines) is 1. The van der Waals surface area contributed by atoms with Crippen LogP contribution in [0.4, 0.5) is 0 Å². The first-order valence-corrected chi connectivity index (χ1v) is 18.4. The molecule has 1 N–H and O–H groups in total. The maximum absolute atomic E-state index is 15.2. The molecule has 2 saturated heterocycles. The number of unbranched alkanes of at least 4 members (excludes halogenated alkanes) is 3. The Hall–Kier alpha value is -3.50. The van der Waals surface area contributed by atoms with E-state index in [9.17, 15) is 19.5 Å². The number of nitrogens with zero attached hydrogens (tertiary/aromatic N) is 3. The van der Waals surface area contributed by atoms with Gasteiger partial charge in [0, 0.05) is 38.7 Å². The van der Waals surface area contributed by atoms with Gasteiger partial charge < -0.3 is 29.3 Å². The second-order valence-electron chi connectivity index (χ2n) is 16.4. The van der Waals surface area contributed by atoms with Crippen molar-refractivity contribution in [2.24, 2.45) is 17.3 Å². The van der Waals surface area contributed by atoms with Gasteiger partial charge in [-0.15, -0.1) is 0 Å². The lowest BCUT2D eigenvalue weighted by Crippen LogP contribution is -2.60. The second-order valence-corrected chi connectivity index (χ2v) is 16.4. The molecule has 3 amide bonds. The Bertz CT molecular complexity index is 1470. The number of allylic oxidation sites excluding steroid dienone is 1. The normalized spacial score (nSPS) is 31.4. The minimum absolute atomic E-state index is 0.0848. The zero-order valence-electron chi connectivity index (χ0n) is 31.0. The molecule has 0 aromatic heterocycles. The Balaban J connectivity index is 1.60. The van der Waals surface area contributed by atoms with Gasteiger partial charge in [-0.1, -0.05) is 88.2 Å². The van der Waals surface area contributed by atoms with Gasteiger partial charge in [-0.25, -0.2) is 0 Å². The van der Waals surface area contributed by atoms with Crippen molar-refractivity contribution in [2.45, 2.75) is 122 Å². The fourth-order valence-corrected chi connectivity index (χ4v) is 8.78. The summed E-state index contributed by atoms with van der Waals surface area (Å²) in [5.74, 6) is -3.03. The lowest BCUT2D eigenvalue weighted by Gasteiger charge is -2.45. The SMILES string of the molecule is C[C@H]1[C@H](c2ccccc2)OC(=O)[C@@H]2[C@H]3C(=O)N(CCCCCCO)[C@H](C(=O)N(C(C)(C)CC(C)(C)C)C/C=C\CCC(=O)N1C)[C@]31C=C[C@H]2O1. The summed E-state index contributed by atoms with van der Waals surface area (Å²) in [5, 5.41) is 9.31. The predicted molar refractivity (Wildman–Crippen MR) is 191 cm³/mol. The number of carbonyl (C=O) groups is 4. The molecule has 4 aliphatic rings. The van der Waals surface area contributed by atoms with Crippen molar-refractivity contribution < 1.29 is 33.8 Å². The van der Waals surface area contributed by atoms with E-state index in [0.29, 0.717) is 38.8 Å². The van der Waals surface area contributed by atoms with E-state index in [2.05, 4.69) is 34.6 Å². The van der Waals surface area contributed by atoms with Crippen molar-refractivity contribution in [3.05, 3.63) is 60.2 Å². The van der Waals surface area contributed by atoms with Gasteiger partial charge in [-0.3, -0.25) is 19.2 Å². The molecular formula is C40H57N3O7. The quantitative estimate of drug-likeness (QED) is 0.215. The molecule has 5 bridgehead atoms. The molecule has 1 aromatic rings. The Morgan fingerprint density at radius 3 is 2.32 bits per heavy atom. The van der Waals surface area contributed by atoms with Crippen molar-refractivity contribution >= 4 is 23.7 Å². The van der Waals surface area contributed by atoms with Crippen LogP contribution in [0.3, 0.4) is 0 Å². The highest BCUT2D eigenvalue weighted by atomic mass is 16.6. The van der Waals surface area contributed by atoms with Crippen molar-refractivity contribution in [1.29, 1.82) is 0 Å². The van der Waals surface area contributed by atoms with Crippen molar-refractivity contribution in [1.82, 2.24) is 14.7 Å². The van der Waals surface area contributed by atoms with Crippen LogP contribution in [0.1, 0.15) is 98.2 Å². The van der Waals surface area contributed by atoms with Crippen LogP contribution in [0.5, 0.6) is 0 Å². The molecule has 1 spiro atoms. The molecule has 274 valence electrons. The van der Waals surface area contributed by atoms with Gasteiger partial charge in [-0.05, 0) is 57.4 Å². The average molecular weight is 692 g/mol. The molecule has 10 nitrogen and oxygen atoms in total. The highest BCUT2D eigenvalue weighted by Crippen LogP contribution is 2.56. The highest BCUT2D eigenvalue weighted by Gasteiger charge is 2.73. The third kappa shape index (κ3) is 7.42. The smallest absolute Gasteiger partial charge is 0.313 e. The first kappa shape index (κ1) is 37.7. The standard InChI is InChI=1S/C40H57N3O7/c1-27-33(28-18-12-10-13-19-28)49-37(48)31-29-21-22-40(50-29)32(31)35(46)42(23-15-8-9-17-25-44)34(40)36(47)43(39(5,6)26-38(2,3)4)24-16-11-14-20-30(45)41(27)7/h10-13,16,18-19,21-22,27,29,31-34,44H,8-9,14-15,17,20,23-26H2,1-7H3/b16-11-/t27-,29+,31-,32-,33+,34+,40-/m0/s1. The Kier molecular flexibility index (Phi) is 11.3. The van der Waals surface area contributed by atoms with Crippen molar-refractivity contribution in [3.63, 3.8) is 0 Å². The zero-order chi connectivity index (χ0) is 36.4. The van der Waals surface area contributed by atoms with E-state index in [1.165, 1.54) is 0 Å². The number of ether oxygens (including phenoxy) is 2. The molecule has 1 aromatic carbocycles. The number of hydrogen-bond donors (Lipinski definition) is 1. The maximum atomic E-state index is 15.2. The molecule has 0 radical (unpaired) electrons. The minimum Gasteiger partial charge on any atom is -0.455 e. The van der Waals surface area contributed by atoms with Crippen LogP contribution in [0.2, 0.25) is 0 Å². The van der Waals surface area contributed by atoms with Crippen LogP contribution < -0.4 is 0 Å². The van der Waals surface area contributed by atoms with Crippen molar-refractivity contribution in [2.75, 3.05) is 26.7 Å². The number of benzene rings is 1. The van der Waals surface area contributed by atoms with E-state index in [0.717, 1.165) is 18.4 Å². The van der Waals surface area contributed by atoms with Crippen LogP contribution in [-0.4, -0.2) is 99.6 Å². The average Bonchev–Trinajstić information content (AvgIpc) is 3.70. The van der Waals surface area contributed by atoms with E-state index in [4.69, 9.17) is 9.47 Å². The summed E-state index contributed by atoms with van der Waals surface area (Å²) in [5.41, 5.74) is -1.27. The topological polar surface area (TPSA) is 117 Å². The predicted octanol–water partition coefficient (Wildman–Crippen LogP) is 5.21. The number of fused-ring (bicyclic) bond motifs is 2. The third-order valence-electron chi connectivity index (χ3n) is 10.9. The van der Waals surface area contributed by atoms with Gasteiger partial charge in [0.05, 0.1) is 18.1 Å². The van der Waals surface area contributed by atoms with Crippen LogP contribution in [0.25, 0.3) is 0 Å². The fraction of sp³-hybridized carbons (Fsp3) is 0.650. The lowest BCUT2D eigenvalue weighted by atomic mass is 9.74. The number of rotatable bonds is 9. The summed E-state index contributed by atoms with van der Waals surface area (Å²) in [7, 11) is 1.73. The Labute approximate surface area is 297 Å². The zero-order valence-corrected chi connectivity index (χ0v) is 31.0. The molecule has 10 heteroatoms. The summed E-state index contributed by atoms with van der Waals surface area (Å²) >= 11 is 0. The molecule has 0 unspecified atom stereocenters. The molecule has 0 saturated carbocycles. The summed E-state index contributed by atoms with van der Waals surface area (Å²) < 4.78 is 13.0. The van der Waals surface area contributed by atoms with Crippen LogP contribution in [0, 0.1) is 17.3 Å². The number of esters is 1. The number of cyclic esters (lactones) is 1. The van der Waals surface area contributed by atoms with Crippen LogP contribution in [0.15, 0.2) is 54.6 Å².